The fourth-order valence-corrected chi connectivity index (χ4v) is 1.51. The summed E-state index contributed by atoms with van der Waals surface area (Å²) in [4.78, 5) is 0. The minimum absolute atomic E-state index is 0.00896. The maximum absolute atomic E-state index is 12.8. The van der Waals surface area contributed by atoms with Crippen molar-refractivity contribution >= 4 is 0 Å². The number of nitrogens with two attached hydrogens (primary N) is 1. The maximum atomic E-state index is 12.8. The Hall–Kier alpha value is -1.50. The van der Waals surface area contributed by atoms with Crippen LogP contribution in [0, 0.1) is 0 Å². The Kier molecular flexibility index (Phi) is 4.99. The molecule has 0 bridgehead atoms. The Labute approximate surface area is 108 Å². The van der Waals surface area contributed by atoms with Gasteiger partial charge in [0.25, 0.3) is 0 Å². The minimum atomic E-state index is -4.21. The fraction of sp³-hybridized carbons (Fsp3) is 0.500. The van der Waals surface area contributed by atoms with E-state index >= 15 is 0 Å². The number of hydrogen-bond donors (Lipinski definition) is 1. The van der Waals surface area contributed by atoms with E-state index in [2.05, 4.69) is 0 Å². The molecule has 0 heterocycles. The highest BCUT2D eigenvalue weighted by molar-refractivity contribution is 5.46. The molecule has 108 valence electrons. The van der Waals surface area contributed by atoms with Crippen LogP contribution in [-0.4, -0.2) is 26.1 Å². The normalized spacial score (nSPS) is 13.5. The zero-order valence-corrected chi connectivity index (χ0v) is 10.5. The van der Waals surface area contributed by atoms with E-state index in [1.54, 1.807) is 13.0 Å². The summed E-state index contributed by atoms with van der Waals surface area (Å²) in [5, 5.41) is 0. The second kappa shape index (κ2) is 6.10. The lowest BCUT2D eigenvalue weighted by Crippen LogP contribution is -2.34. The lowest BCUT2D eigenvalue weighted by molar-refractivity contribution is -0.148. The zero-order valence-electron chi connectivity index (χ0n) is 10.5. The molecule has 1 aromatic rings. The number of rotatable bonds is 6. The smallest absolute Gasteiger partial charge is 0.340 e. The van der Waals surface area contributed by atoms with Gasteiger partial charge < -0.3 is 15.2 Å². The van der Waals surface area contributed by atoms with Gasteiger partial charge in [-0.1, -0.05) is 6.07 Å². The molecule has 1 rings (SSSR count). The van der Waals surface area contributed by atoms with E-state index in [4.69, 9.17) is 15.2 Å². The highest BCUT2D eigenvalue weighted by Gasteiger charge is 2.42. The Balaban J connectivity index is 2.96. The molecule has 0 unspecified atom stereocenters. The second-order valence-electron chi connectivity index (χ2n) is 4.01. The number of ether oxygens (including phenoxy) is 2. The van der Waals surface area contributed by atoms with Crippen molar-refractivity contribution in [2.45, 2.75) is 25.3 Å². The van der Waals surface area contributed by atoms with E-state index in [0.717, 1.165) is 0 Å². The van der Waals surface area contributed by atoms with Gasteiger partial charge >= 0.3 is 12.3 Å². The molecule has 0 saturated heterocycles. The molecule has 0 aliphatic rings. The monoisotopic (exact) mass is 281 g/mol. The Morgan fingerprint density at radius 3 is 2.32 bits per heavy atom. The van der Waals surface area contributed by atoms with Gasteiger partial charge in [0.15, 0.2) is 6.61 Å². The predicted molar refractivity (Wildman–Crippen MR) is 62.0 cm³/mol. The standard InChI is InChI=1S/C12H15F4NO2/c1-7(17)10-8(18-2)4-3-5-9(10)19-6-12(15,16)11(13)14/h3-5,7,11H,6,17H2,1-2H3/t7-/m0/s1. The molecule has 0 saturated carbocycles. The molecule has 1 aromatic carbocycles. The van der Waals surface area contributed by atoms with Crippen LogP contribution in [0.5, 0.6) is 11.5 Å². The number of alkyl halides is 4. The average Bonchev–Trinajstić information content (AvgIpc) is 2.35. The summed E-state index contributed by atoms with van der Waals surface area (Å²) in [5.74, 6) is -3.85. The third kappa shape index (κ3) is 3.73. The van der Waals surface area contributed by atoms with Crippen molar-refractivity contribution < 1.29 is 27.0 Å². The molecular weight excluding hydrogens is 266 g/mol. The van der Waals surface area contributed by atoms with E-state index in [1.807, 2.05) is 0 Å². The topological polar surface area (TPSA) is 44.5 Å². The third-order valence-electron chi connectivity index (χ3n) is 2.44. The highest BCUT2D eigenvalue weighted by atomic mass is 19.3. The first kappa shape index (κ1) is 15.6. The molecule has 7 heteroatoms. The van der Waals surface area contributed by atoms with Crippen molar-refractivity contribution in [3.63, 3.8) is 0 Å². The SMILES string of the molecule is COc1cccc(OCC(F)(F)C(F)F)c1[C@H](C)N. The molecule has 0 spiro atoms. The van der Waals surface area contributed by atoms with E-state index in [9.17, 15) is 17.6 Å². The Morgan fingerprint density at radius 1 is 1.26 bits per heavy atom. The predicted octanol–water partition coefficient (Wildman–Crippen LogP) is 2.99. The average molecular weight is 281 g/mol. The third-order valence-corrected chi connectivity index (χ3v) is 2.44. The van der Waals surface area contributed by atoms with E-state index in [1.165, 1.54) is 19.2 Å². The molecule has 0 radical (unpaired) electrons. The summed E-state index contributed by atoms with van der Waals surface area (Å²) in [6.07, 6.45) is -3.78. The van der Waals surface area contributed by atoms with Gasteiger partial charge in [0, 0.05) is 6.04 Å². The lowest BCUT2D eigenvalue weighted by Gasteiger charge is -2.20. The number of hydrogen-bond acceptors (Lipinski definition) is 3. The maximum Gasteiger partial charge on any atom is 0.340 e. The number of halogens is 4. The lowest BCUT2D eigenvalue weighted by atomic mass is 10.1. The Bertz CT molecular complexity index is 424. The quantitative estimate of drug-likeness (QED) is 0.815. The first-order chi connectivity index (χ1) is 8.79. The van der Waals surface area contributed by atoms with Crippen LogP contribution in [-0.2, 0) is 0 Å². The minimum Gasteiger partial charge on any atom is -0.496 e. The van der Waals surface area contributed by atoms with Crippen molar-refractivity contribution in [3.05, 3.63) is 23.8 Å². The summed E-state index contributed by atoms with van der Waals surface area (Å²) in [5.41, 5.74) is 6.05. The molecule has 0 aromatic heterocycles. The van der Waals surface area contributed by atoms with E-state index < -0.39 is 25.0 Å². The fourth-order valence-electron chi connectivity index (χ4n) is 1.51. The van der Waals surface area contributed by atoms with Crippen LogP contribution in [0.2, 0.25) is 0 Å². The molecule has 1 atom stereocenters. The van der Waals surface area contributed by atoms with Crippen LogP contribution in [0.3, 0.4) is 0 Å². The van der Waals surface area contributed by atoms with Gasteiger partial charge in [0.05, 0.1) is 12.7 Å². The molecule has 3 nitrogen and oxygen atoms in total. The highest BCUT2D eigenvalue weighted by Crippen LogP contribution is 2.34. The number of methoxy groups -OCH3 is 1. The van der Waals surface area contributed by atoms with Crippen molar-refractivity contribution in [3.8, 4) is 11.5 Å². The zero-order chi connectivity index (χ0) is 14.6. The van der Waals surface area contributed by atoms with Gasteiger partial charge in [-0.25, -0.2) is 8.78 Å². The van der Waals surface area contributed by atoms with Crippen LogP contribution >= 0.6 is 0 Å². The molecule has 0 aliphatic carbocycles. The first-order valence-electron chi connectivity index (χ1n) is 5.51. The summed E-state index contributed by atoms with van der Waals surface area (Å²) in [7, 11) is 1.39. The summed E-state index contributed by atoms with van der Waals surface area (Å²) in [6, 6.07) is 3.91. The summed E-state index contributed by atoms with van der Waals surface area (Å²) in [6.45, 7) is 0.188. The largest absolute Gasteiger partial charge is 0.496 e. The molecule has 19 heavy (non-hydrogen) atoms. The van der Waals surface area contributed by atoms with Gasteiger partial charge in [0.1, 0.15) is 11.5 Å². The Morgan fingerprint density at radius 2 is 1.84 bits per heavy atom. The van der Waals surface area contributed by atoms with Gasteiger partial charge in [-0.15, -0.1) is 0 Å². The van der Waals surface area contributed by atoms with Crippen LogP contribution < -0.4 is 15.2 Å². The van der Waals surface area contributed by atoms with E-state index in [-0.39, 0.29) is 5.75 Å². The molecule has 0 aliphatic heterocycles. The van der Waals surface area contributed by atoms with Crippen molar-refractivity contribution in [2.75, 3.05) is 13.7 Å². The van der Waals surface area contributed by atoms with E-state index in [0.29, 0.717) is 11.3 Å². The van der Waals surface area contributed by atoms with Gasteiger partial charge in [-0.05, 0) is 19.1 Å². The molecular formula is C12H15F4NO2. The molecule has 2 N–H and O–H groups in total. The summed E-state index contributed by atoms with van der Waals surface area (Å²) >= 11 is 0. The van der Waals surface area contributed by atoms with Crippen LogP contribution in [0.15, 0.2) is 18.2 Å². The van der Waals surface area contributed by atoms with Crippen LogP contribution in [0.4, 0.5) is 17.6 Å². The summed E-state index contributed by atoms with van der Waals surface area (Å²) < 4.78 is 59.5. The van der Waals surface area contributed by atoms with Gasteiger partial charge in [0.2, 0.25) is 0 Å². The van der Waals surface area contributed by atoms with Gasteiger partial charge in [-0.3, -0.25) is 0 Å². The van der Waals surface area contributed by atoms with Crippen LogP contribution in [0.1, 0.15) is 18.5 Å². The molecule has 0 fully saturated rings. The van der Waals surface area contributed by atoms with Gasteiger partial charge in [-0.2, -0.15) is 8.78 Å². The van der Waals surface area contributed by atoms with Crippen LogP contribution in [0.25, 0.3) is 0 Å². The number of benzene rings is 1. The molecule has 0 amide bonds. The first-order valence-corrected chi connectivity index (χ1v) is 5.51. The van der Waals surface area contributed by atoms with Crippen molar-refractivity contribution in [2.24, 2.45) is 5.73 Å². The van der Waals surface area contributed by atoms with Crippen molar-refractivity contribution in [1.82, 2.24) is 0 Å². The van der Waals surface area contributed by atoms with Crippen molar-refractivity contribution in [1.29, 1.82) is 0 Å². The second-order valence-corrected chi connectivity index (χ2v) is 4.01.